The van der Waals surface area contributed by atoms with Gasteiger partial charge in [0.15, 0.2) is 0 Å². The van der Waals surface area contributed by atoms with Gasteiger partial charge in [-0.25, -0.2) is 13.4 Å². The number of carbonyl (C=O) groups excluding carboxylic acids is 1. The molecule has 2 aromatic rings. The summed E-state index contributed by atoms with van der Waals surface area (Å²) in [5.74, 6) is 2.05. The Morgan fingerprint density at radius 3 is 2.48 bits per heavy atom. The van der Waals surface area contributed by atoms with Crippen molar-refractivity contribution in [3.05, 3.63) is 53.7 Å². The van der Waals surface area contributed by atoms with Crippen molar-refractivity contribution in [3.8, 4) is 0 Å². The summed E-state index contributed by atoms with van der Waals surface area (Å²) in [4.78, 5) is 19.9. The number of thioether (sulfide) groups is 1. The summed E-state index contributed by atoms with van der Waals surface area (Å²) in [6.45, 7) is 6.51. The quantitative estimate of drug-likeness (QED) is 0.531. The molecule has 0 bridgehead atoms. The molecule has 1 fully saturated rings. The maximum Gasteiger partial charge on any atom is 0.241 e. The molecule has 1 aromatic carbocycles. The number of rotatable bonds is 10. The molecule has 2 heterocycles. The summed E-state index contributed by atoms with van der Waals surface area (Å²) in [5.41, 5.74) is 1.85. The Kier molecular flexibility index (Phi) is 9.17. The zero-order valence-electron chi connectivity index (χ0n) is 19.6. The van der Waals surface area contributed by atoms with Gasteiger partial charge in [0.25, 0.3) is 0 Å². The van der Waals surface area contributed by atoms with Crippen LogP contribution in [0, 0.1) is 12.8 Å². The molecule has 1 aliphatic heterocycles. The molecule has 1 atom stereocenters. The minimum Gasteiger partial charge on any atom is -0.357 e. The van der Waals surface area contributed by atoms with Gasteiger partial charge >= 0.3 is 0 Å². The molecule has 1 aromatic heterocycles. The van der Waals surface area contributed by atoms with E-state index in [-0.39, 0.29) is 10.8 Å². The van der Waals surface area contributed by atoms with Crippen LogP contribution in [0.4, 0.5) is 5.82 Å². The number of piperidine rings is 1. The summed E-state index contributed by atoms with van der Waals surface area (Å²) >= 11 is 1.57. The number of hydrogen-bond donors (Lipinski definition) is 2. The number of hydrogen-bond acceptors (Lipinski definition) is 6. The van der Waals surface area contributed by atoms with E-state index in [2.05, 4.69) is 26.8 Å². The van der Waals surface area contributed by atoms with Crippen molar-refractivity contribution in [2.45, 2.75) is 50.6 Å². The highest BCUT2D eigenvalue weighted by Gasteiger charge is 2.25. The lowest BCUT2D eigenvalue weighted by molar-refractivity contribution is -0.122. The monoisotopic (exact) mass is 490 g/mol. The molecule has 1 amide bonds. The van der Waals surface area contributed by atoms with Crippen molar-refractivity contribution in [1.29, 1.82) is 0 Å². The average molecular weight is 491 g/mol. The van der Waals surface area contributed by atoms with E-state index in [1.165, 1.54) is 12.8 Å². The van der Waals surface area contributed by atoms with Gasteiger partial charge in [-0.3, -0.25) is 4.79 Å². The topological polar surface area (TPSA) is 91.4 Å². The van der Waals surface area contributed by atoms with Gasteiger partial charge in [-0.05, 0) is 67.9 Å². The highest BCUT2D eigenvalue weighted by Crippen LogP contribution is 2.21. The third-order valence-electron chi connectivity index (χ3n) is 5.94. The van der Waals surface area contributed by atoms with Crippen LogP contribution in [0.3, 0.4) is 0 Å². The summed E-state index contributed by atoms with van der Waals surface area (Å²) in [6.07, 6.45) is 6.47. The summed E-state index contributed by atoms with van der Waals surface area (Å²) in [5, 5.41) is 2.87. The SMILES string of the molecule is CSCCC(NS(=O)(=O)c1ccc(C)cc1)C(=O)NCc1ccc(N2CCC(C)CC2)nc1. The van der Waals surface area contributed by atoms with E-state index >= 15 is 0 Å². The van der Waals surface area contributed by atoms with Crippen molar-refractivity contribution in [3.63, 3.8) is 0 Å². The first-order valence-electron chi connectivity index (χ1n) is 11.3. The Balaban J connectivity index is 1.60. The van der Waals surface area contributed by atoms with E-state index in [0.29, 0.717) is 18.7 Å². The fourth-order valence-corrected chi connectivity index (χ4v) is 5.41. The van der Waals surface area contributed by atoms with E-state index in [9.17, 15) is 13.2 Å². The van der Waals surface area contributed by atoms with Gasteiger partial charge in [-0.2, -0.15) is 16.5 Å². The predicted molar refractivity (Wildman–Crippen MR) is 135 cm³/mol. The molecular formula is C24H34N4O3S2. The van der Waals surface area contributed by atoms with Gasteiger partial charge in [0.2, 0.25) is 15.9 Å². The number of anilines is 1. The minimum atomic E-state index is -3.79. The third kappa shape index (κ3) is 7.45. The Bertz CT molecular complexity index is 1000. The average Bonchev–Trinajstić information content (AvgIpc) is 2.81. The molecule has 2 N–H and O–H groups in total. The van der Waals surface area contributed by atoms with Crippen LogP contribution < -0.4 is 14.9 Å². The van der Waals surface area contributed by atoms with Crippen LogP contribution in [-0.4, -0.2) is 50.4 Å². The number of amides is 1. The van der Waals surface area contributed by atoms with Crippen molar-refractivity contribution in [1.82, 2.24) is 15.0 Å². The minimum absolute atomic E-state index is 0.155. The second-order valence-electron chi connectivity index (χ2n) is 8.68. The molecule has 0 radical (unpaired) electrons. The van der Waals surface area contributed by atoms with Crippen LogP contribution in [0.5, 0.6) is 0 Å². The molecule has 0 aliphatic carbocycles. The predicted octanol–water partition coefficient (Wildman–Crippen LogP) is 3.34. The molecule has 0 saturated carbocycles. The molecule has 33 heavy (non-hydrogen) atoms. The molecule has 0 spiro atoms. The highest BCUT2D eigenvalue weighted by molar-refractivity contribution is 7.98. The standard InChI is InChI=1S/C24H34N4O3S2/c1-18-4-7-21(8-5-18)33(30,31)27-22(12-15-32-3)24(29)26-17-20-6-9-23(25-16-20)28-13-10-19(2)11-14-28/h4-9,16,19,22,27H,10-15,17H2,1-3H3,(H,26,29). The first-order valence-corrected chi connectivity index (χ1v) is 14.2. The van der Waals surface area contributed by atoms with Crippen LogP contribution in [0.2, 0.25) is 0 Å². The Morgan fingerprint density at radius 2 is 1.88 bits per heavy atom. The van der Waals surface area contributed by atoms with Crippen LogP contribution in [-0.2, 0) is 21.4 Å². The summed E-state index contributed by atoms with van der Waals surface area (Å²) in [6, 6.07) is 9.71. The number of benzene rings is 1. The van der Waals surface area contributed by atoms with Gasteiger partial charge in [0.1, 0.15) is 11.9 Å². The molecule has 1 aliphatic rings. The number of nitrogens with one attached hydrogen (secondary N) is 2. The van der Waals surface area contributed by atoms with Gasteiger partial charge in [-0.1, -0.05) is 30.7 Å². The van der Waals surface area contributed by atoms with E-state index in [4.69, 9.17) is 0 Å². The molecule has 9 heteroatoms. The van der Waals surface area contributed by atoms with E-state index < -0.39 is 16.1 Å². The summed E-state index contributed by atoms with van der Waals surface area (Å²) in [7, 11) is -3.79. The largest absolute Gasteiger partial charge is 0.357 e. The fourth-order valence-electron chi connectivity index (χ4n) is 3.71. The number of carbonyl (C=O) groups is 1. The molecule has 180 valence electrons. The van der Waals surface area contributed by atoms with Crippen LogP contribution in [0.25, 0.3) is 0 Å². The number of aromatic nitrogens is 1. The van der Waals surface area contributed by atoms with Crippen molar-refractivity contribution in [2.24, 2.45) is 5.92 Å². The third-order valence-corrected chi connectivity index (χ3v) is 8.07. The molecule has 3 rings (SSSR count). The zero-order chi connectivity index (χ0) is 23.8. The number of pyridine rings is 1. The lowest BCUT2D eigenvalue weighted by Gasteiger charge is -2.31. The van der Waals surface area contributed by atoms with Crippen LogP contribution >= 0.6 is 11.8 Å². The van der Waals surface area contributed by atoms with Crippen molar-refractivity contribution >= 4 is 33.5 Å². The smallest absolute Gasteiger partial charge is 0.241 e. The van der Waals surface area contributed by atoms with E-state index in [1.807, 2.05) is 25.3 Å². The maximum absolute atomic E-state index is 12.9. The maximum atomic E-state index is 12.9. The van der Waals surface area contributed by atoms with Gasteiger partial charge in [-0.15, -0.1) is 0 Å². The van der Waals surface area contributed by atoms with Crippen LogP contribution in [0.1, 0.15) is 37.3 Å². The summed E-state index contributed by atoms with van der Waals surface area (Å²) < 4.78 is 28.2. The van der Waals surface area contributed by atoms with E-state index in [0.717, 1.165) is 36.0 Å². The molecule has 7 nitrogen and oxygen atoms in total. The first-order chi connectivity index (χ1) is 15.8. The molecular weight excluding hydrogens is 456 g/mol. The Labute approximate surface area is 201 Å². The molecule has 1 unspecified atom stereocenters. The number of sulfonamides is 1. The Morgan fingerprint density at radius 1 is 1.18 bits per heavy atom. The lowest BCUT2D eigenvalue weighted by Crippen LogP contribution is -2.46. The van der Waals surface area contributed by atoms with Gasteiger partial charge in [0.05, 0.1) is 4.90 Å². The van der Waals surface area contributed by atoms with Crippen molar-refractivity contribution in [2.75, 3.05) is 30.0 Å². The Hall–Kier alpha value is -2.10. The first kappa shape index (κ1) is 25.5. The highest BCUT2D eigenvalue weighted by atomic mass is 32.2. The number of aryl methyl sites for hydroxylation is 1. The fraction of sp³-hybridized carbons (Fsp3) is 0.500. The van der Waals surface area contributed by atoms with Gasteiger partial charge < -0.3 is 10.2 Å². The second-order valence-corrected chi connectivity index (χ2v) is 11.4. The van der Waals surface area contributed by atoms with Crippen LogP contribution in [0.15, 0.2) is 47.5 Å². The normalized spacial score (nSPS) is 15.9. The van der Waals surface area contributed by atoms with E-state index in [1.54, 1.807) is 42.2 Å². The lowest BCUT2D eigenvalue weighted by atomic mass is 9.99. The second kappa shape index (κ2) is 11.9. The number of nitrogens with zero attached hydrogens (tertiary/aromatic N) is 2. The van der Waals surface area contributed by atoms with Gasteiger partial charge in [0, 0.05) is 25.8 Å². The molecule has 1 saturated heterocycles. The van der Waals surface area contributed by atoms with Crippen molar-refractivity contribution < 1.29 is 13.2 Å². The zero-order valence-corrected chi connectivity index (χ0v) is 21.2.